The number of benzene rings is 1. The molecule has 188 valence electrons. The average molecular weight is 476 g/mol. The minimum Gasteiger partial charge on any atom is -0.399 e. The van der Waals surface area contributed by atoms with E-state index in [1.807, 2.05) is 0 Å². The predicted molar refractivity (Wildman–Crippen MR) is 139 cm³/mol. The summed E-state index contributed by atoms with van der Waals surface area (Å²) in [7, 11) is -0.389. The standard InChI is InChI=1S/C29H41BN2O3/c1-27(2)28(3,4)35-30(34-27)20-9-11-24-25(15-20)32(26(33)29(24)12-6-5-7-13-29)23-16-22(17-23)31-18-19-8-10-21(31)14-19/h9,11,15,19,21-23H,5-8,10,12-14,16-18H2,1-4H3/t19-,21+,22?,23?/m0/s1. The normalized spacial score (nSPS) is 36.7. The Labute approximate surface area is 211 Å². The summed E-state index contributed by atoms with van der Waals surface area (Å²) in [6.45, 7) is 9.71. The van der Waals surface area contributed by atoms with Crippen molar-refractivity contribution in [3.63, 3.8) is 0 Å². The van der Waals surface area contributed by atoms with Gasteiger partial charge < -0.3 is 14.2 Å². The number of piperidine rings is 1. The Kier molecular flexibility index (Phi) is 4.94. The van der Waals surface area contributed by atoms with Crippen molar-refractivity contribution in [2.45, 2.75) is 127 Å². The summed E-state index contributed by atoms with van der Waals surface area (Å²) in [4.78, 5) is 19.2. The van der Waals surface area contributed by atoms with Crippen molar-refractivity contribution in [1.29, 1.82) is 0 Å². The average Bonchev–Trinajstić information content (AvgIpc) is 3.52. The molecule has 6 heteroatoms. The number of likely N-dealkylation sites (tertiary alicyclic amines) is 1. The summed E-state index contributed by atoms with van der Waals surface area (Å²) < 4.78 is 12.8. The Bertz CT molecular complexity index is 1030. The molecule has 0 unspecified atom stereocenters. The van der Waals surface area contributed by atoms with Gasteiger partial charge in [-0.05, 0) is 95.7 Å². The van der Waals surface area contributed by atoms with Crippen LogP contribution in [0.4, 0.5) is 5.69 Å². The van der Waals surface area contributed by atoms with Crippen LogP contribution in [-0.2, 0) is 19.5 Å². The molecule has 1 amide bonds. The first-order valence-corrected chi connectivity index (χ1v) is 14.3. The Morgan fingerprint density at radius 1 is 0.886 bits per heavy atom. The van der Waals surface area contributed by atoms with Gasteiger partial charge in [-0.25, -0.2) is 0 Å². The molecule has 0 aromatic heterocycles. The molecule has 2 saturated heterocycles. The van der Waals surface area contributed by atoms with Crippen LogP contribution in [0.5, 0.6) is 0 Å². The highest BCUT2D eigenvalue weighted by Crippen LogP contribution is 2.53. The van der Waals surface area contributed by atoms with Gasteiger partial charge in [-0.1, -0.05) is 31.4 Å². The van der Waals surface area contributed by atoms with Crippen LogP contribution in [0.2, 0.25) is 0 Å². The van der Waals surface area contributed by atoms with E-state index in [2.05, 4.69) is 55.7 Å². The van der Waals surface area contributed by atoms with Crippen LogP contribution in [-0.4, -0.2) is 53.8 Å². The zero-order valence-corrected chi connectivity index (χ0v) is 22.0. The van der Waals surface area contributed by atoms with E-state index in [-0.39, 0.29) is 23.7 Å². The maximum absolute atomic E-state index is 14.2. The summed E-state index contributed by atoms with van der Waals surface area (Å²) in [5.74, 6) is 1.31. The Morgan fingerprint density at radius 3 is 2.23 bits per heavy atom. The van der Waals surface area contributed by atoms with Crippen molar-refractivity contribution in [1.82, 2.24) is 4.90 Å². The zero-order chi connectivity index (χ0) is 24.2. The highest BCUT2D eigenvalue weighted by atomic mass is 16.7. The lowest BCUT2D eigenvalue weighted by molar-refractivity contribution is -0.125. The van der Waals surface area contributed by atoms with E-state index in [9.17, 15) is 4.79 Å². The first-order chi connectivity index (χ1) is 16.7. The number of fused-ring (bicyclic) bond motifs is 4. The second-order valence-electron chi connectivity index (χ2n) is 13.5. The number of carbonyl (C=O) groups is 1. The molecule has 1 aromatic carbocycles. The van der Waals surface area contributed by atoms with Crippen LogP contribution in [0.15, 0.2) is 18.2 Å². The van der Waals surface area contributed by atoms with Crippen molar-refractivity contribution >= 4 is 24.2 Å². The van der Waals surface area contributed by atoms with Crippen LogP contribution in [0.1, 0.15) is 97.5 Å². The number of hydrogen-bond acceptors (Lipinski definition) is 4. The number of hydrogen-bond donors (Lipinski definition) is 0. The molecule has 3 aliphatic carbocycles. The predicted octanol–water partition coefficient (Wildman–Crippen LogP) is 4.55. The van der Waals surface area contributed by atoms with Gasteiger partial charge in [0.05, 0.1) is 16.6 Å². The third-order valence-electron chi connectivity index (χ3n) is 11.0. The third-order valence-corrected chi connectivity index (χ3v) is 11.0. The van der Waals surface area contributed by atoms with Gasteiger partial charge in [0.15, 0.2) is 0 Å². The molecule has 2 bridgehead atoms. The highest BCUT2D eigenvalue weighted by Gasteiger charge is 2.57. The fourth-order valence-electron chi connectivity index (χ4n) is 8.19. The summed E-state index contributed by atoms with van der Waals surface area (Å²) in [6.07, 6.45) is 12.0. The lowest BCUT2D eigenvalue weighted by atomic mass is 9.69. The molecule has 0 N–H and O–H groups in total. The third kappa shape index (κ3) is 3.21. The molecule has 0 radical (unpaired) electrons. The smallest absolute Gasteiger partial charge is 0.399 e. The quantitative estimate of drug-likeness (QED) is 0.601. The molecule has 3 aliphatic heterocycles. The summed E-state index contributed by atoms with van der Waals surface area (Å²) >= 11 is 0. The lowest BCUT2D eigenvalue weighted by Gasteiger charge is -2.48. The maximum atomic E-state index is 14.2. The van der Waals surface area contributed by atoms with E-state index < -0.39 is 0 Å². The molecule has 35 heavy (non-hydrogen) atoms. The largest absolute Gasteiger partial charge is 0.494 e. The number of amides is 1. The molecule has 2 atom stereocenters. The Balaban J connectivity index is 1.19. The van der Waals surface area contributed by atoms with Crippen molar-refractivity contribution in [3.05, 3.63) is 23.8 Å². The van der Waals surface area contributed by atoms with Crippen molar-refractivity contribution in [2.24, 2.45) is 5.92 Å². The summed E-state index contributed by atoms with van der Waals surface area (Å²) in [5, 5.41) is 0. The number of carbonyl (C=O) groups excluding carboxylic acids is 1. The summed E-state index contributed by atoms with van der Waals surface area (Å²) in [5.41, 5.74) is 2.42. The van der Waals surface area contributed by atoms with Crippen LogP contribution in [0.25, 0.3) is 0 Å². The van der Waals surface area contributed by atoms with E-state index in [4.69, 9.17) is 9.31 Å². The molecule has 1 aromatic rings. The molecule has 3 saturated carbocycles. The van der Waals surface area contributed by atoms with Gasteiger partial charge in [0.2, 0.25) is 5.91 Å². The van der Waals surface area contributed by atoms with E-state index in [1.165, 1.54) is 37.8 Å². The van der Waals surface area contributed by atoms with Crippen molar-refractivity contribution in [2.75, 3.05) is 11.4 Å². The van der Waals surface area contributed by atoms with Gasteiger partial charge in [0.1, 0.15) is 0 Å². The maximum Gasteiger partial charge on any atom is 0.494 e. The van der Waals surface area contributed by atoms with Crippen LogP contribution < -0.4 is 10.4 Å². The van der Waals surface area contributed by atoms with Crippen molar-refractivity contribution in [3.8, 4) is 0 Å². The van der Waals surface area contributed by atoms with Gasteiger partial charge in [-0.3, -0.25) is 9.69 Å². The molecule has 5 fully saturated rings. The lowest BCUT2D eigenvalue weighted by Crippen LogP contribution is -2.58. The van der Waals surface area contributed by atoms with Gasteiger partial charge >= 0.3 is 7.12 Å². The van der Waals surface area contributed by atoms with Crippen molar-refractivity contribution < 1.29 is 14.1 Å². The van der Waals surface area contributed by atoms with E-state index in [1.54, 1.807) is 0 Å². The topological polar surface area (TPSA) is 42.0 Å². The summed E-state index contributed by atoms with van der Waals surface area (Å²) in [6, 6.07) is 8.46. The highest BCUT2D eigenvalue weighted by molar-refractivity contribution is 6.62. The monoisotopic (exact) mass is 476 g/mol. The number of nitrogens with zero attached hydrogens (tertiary/aromatic N) is 2. The molecular formula is C29H41BN2O3. The van der Waals surface area contributed by atoms with Gasteiger partial charge in [-0.2, -0.15) is 0 Å². The Morgan fingerprint density at radius 2 is 1.60 bits per heavy atom. The van der Waals surface area contributed by atoms with E-state index >= 15 is 0 Å². The number of rotatable bonds is 3. The molecule has 6 aliphatic rings. The zero-order valence-electron chi connectivity index (χ0n) is 22.0. The molecule has 1 spiro atoms. The van der Waals surface area contributed by atoms with Crippen LogP contribution in [0, 0.1) is 5.92 Å². The minimum atomic E-state index is -0.389. The number of anilines is 1. The second-order valence-corrected chi connectivity index (χ2v) is 13.5. The Hall–Kier alpha value is -1.37. The van der Waals surface area contributed by atoms with E-state index in [0.717, 1.165) is 61.6 Å². The van der Waals surface area contributed by atoms with E-state index in [0.29, 0.717) is 18.0 Å². The molecule has 3 heterocycles. The van der Waals surface area contributed by atoms with Gasteiger partial charge in [0, 0.05) is 30.4 Å². The molecular weight excluding hydrogens is 435 g/mol. The van der Waals surface area contributed by atoms with Gasteiger partial charge in [0.25, 0.3) is 0 Å². The molecule has 5 nitrogen and oxygen atoms in total. The first kappa shape index (κ1) is 22.8. The molecule has 7 rings (SSSR count). The fourth-order valence-corrected chi connectivity index (χ4v) is 8.19. The SMILES string of the molecule is CC1(C)OB(c2ccc3c(c2)N(C2CC(N4C[C@H]5CC[C@@H]4C5)C2)C(=O)C32CCCCC2)OC1(C)C. The van der Waals surface area contributed by atoms with Gasteiger partial charge in [-0.15, -0.1) is 0 Å². The fraction of sp³-hybridized carbons (Fsp3) is 0.759. The first-order valence-electron chi connectivity index (χ1n) is 14.3. The minimum absolute atomic E-state index is 0.306. The van der Waals surface area contributed by atoms with Crippen LogP contribution in [0.3, 0.4) is 0 Å². The van der Waals surface area contributed by atoms with Crippen LogP contribution >= 0.6 is 0 Å². The second kappa shape index (κ2) is 7.58.